The molecule has 0 unspecified atom stereocenters. The van der Waals surface area contributed by atoms with Gasteiger partial charge in [-0.15, -0.1) is 0 Å². The second-order valence-corrected chi connectivity index (χ2v) is 5.90. The number of urea groups is 1. The Hall–Kier alpha value is -2.08. The van der Waals surface area contributed by atoms with E-state index in [4.69, 9.17) is 4.42 Å². The predicted octanol–water partition coefficient (Wildman–Crippen LogP) is 3.45. The first-order valence-corrected chi connectivity index (χ1v) is 8.05. The van der Waals surface area contributed by atoms with Crippen molar-refractivity contribution in [1.82, 2.24) is 10.3 Å². The van der Waals surface area contributed by atoms with Gasteiger partial charge in [-0.05, 0) is 36.8 Å². The van der Waals surface area contributed by atoms with Crippen molar-refractivity contribution in [2.45, 2.75) is 40.0 Å². The minimum absolute atomic E-state index is 0.0575. The highest BCUT2D eigenvalue weighted by molar-refractivity contribution is 5.91. The molecule has 1 aromatic heterocycles. The fraction of sp³-hybridized carbons (Fsp3) is 0.529. The van der Waals surface area contributed by atoms with Gasteiger partial charge >= 0.3 is 6.03 Å². The third-order valence-electron chi connectivity index (χ3n) is 4.52. The van der Waals surface area contributed by atoms with E-state index in [1.54, 1.807) is 19.1 Å². The lowest BCUT2D eigenvalue weighted by Gasteiger charge is -2.31. The smallest absolute Gasteiger partial charge is 0.319 e. The highest BCUT2D eigenvalue weighted by Crippen LogP contribution is 2.29. The number of nitrogens with one attached hydrogen (secondary N) is 2. The fourth-order valence-electron chi connectivity index (χ4n) is 2.74. The topological polar surface area (TPSA) is 87.4 Å². The van der Waals surface area contributed by atoms with Gasteiger partial charge in [0.05, 0.1) is 0 Å². The Bertz CT molecular complexity index is 662. The molecule has 2 amide bonds. The molecule has 2 rings (SSSR count). The Balaban J connectivity index is 1.97. The van der Waals surface area contributed by atoms with Gasteiger partial charge in [0, 0.05) is 31.8 Å². The third-order valence-corrected chi connectivity index (χ3v) is 4.52. The summed E-state index contributed by atoms with van der Waals surface area (Å²) in [6.07, 6.45) is 2.50. The van der Waals surface area contributed by atoms with E-state index in [0.29, 0.717) is 30.1 Å². The van der Waals surface area contributed by atoms with Gasteiger partial charge in [0.15, 0.2) is 11.5 Å². The van der Waals surface area contributed by atoms with Crippen LogP contribution in [0.25, 0.3) is 11.1 Å². The van der Waals surface area contributed by atoms with Crippen LogP contribution >= 0.6 is 0 Å². The van der Waals surface area contributed by atoms with Crippen LogP contribution < -0.4 is 10.6 Å². The second-order valence-electron chi connectivity index (χ2n) is 5.90. The molecule has 0 radical (unpaired) electrons. The molecule has 0 fully saturated rings. The maximum atomic E-state index is 12.1. The van der Waals surface area contributed by atoms with Gasteiger partial charge < -0.3 is 20.2 Å². The molecule has 3 N–H and O–H groups in total. The SMILES string of the molecule is CCC(CC)(CCO)CNC(=O)Nc1ccc2nc(C)oc2c1. The van der Waals surface area contributed by atoms with E-state index in [1.165, 1.54) is 0 Å². The van der Waals surface area contributed by atoms with E-state index in [1.807, 2.05) is 6.07 Å². The summed E-state index contributed by atoms with van der Waals surface area (Å²) >= 11 is 0. The molecular weight excluding hydrogens is 294 g/mol. The Kier molecular flexibility index (Phi) is 5.60. The molecule has 2 aromatic rings. The number of hydrogen-bond donors (Lipinski definition) is 3. The van der Waals surface area contributed by atoms with Crippen molar-refractivity contribution in [3.63, 3.8) is 0 Å². The molecule has 0 atom stereocenters. The number of carbonyl (C=O) groups excluding carboxylic acids is 1. The molecule has 6 nitrogen and oxygen atoms in total. The van der Waals surface area contributed by atoms with Crippen LogP contribution in [0.1, 0.15) is 39.0 Å². The maximum absolute atomic E-state index is 12.1. The highest BCUT2D eigenvalue weighted by Gasteiger charge is 2.26. The number of hydrogen-bond acceptors (Lipinski definition) is 4. The van der Waals surface area contributed by atoms with Crippen molar-refractivity contribution in [2.24, 2.45) is 5.41 Å². The van der Waals surface area contributed by atoms with Gasteiger partial charge in [-0.1, -0.05) is 13.8 Å². The molecule has 0 saturated carbocycles. The van der Waals surface area contributed by atoms with Crippen LogP contribution in [0.2, 0.25) is 0 Å². The number of aliphatic hydroxyl groups is 1. The summed E-state index contributed by atoms with van der Waals surface area (Å²) in [5.74, 6) is 0.598. The van der Waals surface area contributed by atoms with Crippen LogP contribution in [0.5, 0.6) is 0 Å². The minimum atomic E-state index is -0.259. The minimum Gasteiger partial charge on any atom is -0.441 e. The number of fused-ring (bicyclic) bond motifs is 1. The van der Waals surface area contributed by atoms with Crippen molar-refractivity contribution in [3.05, 3.63) is 24.1 Å². The van der Waals surface area contributed by atoms with E-state index < -0.39 is 0 Å². The average molecular weight is 319 g/mol. The standard InChI is InChI=1S/C17H25N3O3/c1-4-17(5-2,8-9-21)11-18-16(22)20-13-6-7-14-15(10-13)23-12(3)19-14/h6-7,10,21H,4-5,8-9,11H2,1-3H3,(H2,18,20,22). The van der Waals surface area contributed by atoms with Crippen LogP contribution in [0.4, 0.5) is 10.5 Å². The predicted molar refractivity (Wildman–Crippen MR) is 90.5 cm³/mol. The summed E-state index contributed by atoms with van der Waals surface area (Å²) in [4.78, 5) is 16.3. The van der Waals surface area contributed by atoms with E-state index in [0.717, 1.165) is 18.4 Å². The molecule has 0 bridgehead atoms. The molecule has 0 spiro atoms. The Morgan fingerprint density at radius 3 is 2.74 bits per heavy atom. The highest BCUT2D eigenvalue weighted by atomic mass is 16.3. The molecule has 23 heavy (non-hydrogen) atoms. The lowest BCUT2D eigenvalue weighted by Crippen LogP contribution is -2.39. The van der Waals surface area contributed by atoms with Crippen molar-refractivity contribution in [3.8, 4) is 0 Å². The summed E-state index contributed by atoms with van der Waals surface area (Å²) in [6.45, 7) is 6.62. The molecule has 0 saturated heterocycles. The number of amides is 2. The third kappa shape index (κ3) is 4.22. The van der Waals surface area contributed by atoms with E-state index in [-0.39, 0.29) is 18.1 Å². The van der Waals surface area contributed by atoms with Crippen LogP contribution in [-0.2, 0) is 0 Å². The largest absolute Gasteiger partial charge is 0.441 e. The molecule has 126 valence electrons. The average Bonchev–Trinajstić information content (AvgIpc) is 2.91. The zero-order valence-electron chi connectivity index (χ0n) is 14.0. The van der Waals surface area contributed by atoms with Crippen molar-refractivity contribution >= 4 is 22.8 Å². The number of anilines is 1. The monoisotopic (exact) mass is 319 g/mol. The van der Waals surface area contributed by atoms with Gasteiger partial charge in [0.2, 0.25) is 0 Å². The van der Waals surface area contributed by atoms with Crippen LogP contribution in [0.3, 0.4) is 0 Å². The summed E-state index contributed by atoms with van der Waals surface area (Å²) in [5, 5.41) is 14.9. The van der Waals surface area contributed by atoms with Crippen molar-refractivity contribution in [1.29, 1.82) is 0 Å². The number of aryl methyl sites for hydroxylation is 1. The molecule has 1 aromatic carbocycles. The normalized spacial score (nSPS) is 11.7. The molecule has 0 aliphatic carbocycles. The van der Waals surface area contributed by atoms with Gasteiger partial charge in [0.25, 0.3) is 0 Å². The number of aliphatic hydroxyl groups excluding tert-OH is 1. The first-order chi connectivity index (χ1) is 11.0. The maximum Gasteiger partial charge on any atom is 0.319 e. The van der Waals surface area contributed by atoms with Gasteiger partial charge in [0.1, 0.15) is 5.52 Å². The van der Waals surface area contributed by atoms with Gasteiger partial charge in [-0.3, -0.25) is 0 Å². The molecule has 6 heteroatoms. The second kappa shape index (κ2) is 7.46. The molecule has 0 aliphatic rings. The summed E-state index contributed by atoms with van der Waals surface area (Å²) in [5.41, 5.74) is 2.02. The Morgan fingerprint density at radius 1 is 1.35 bits per heavy atom. The van der Waals surface area contributed by atoms with E-state index >= 15 is 0 Å². The molecule has 0 aliphatic heterocycles. The summed E-state index contributed by atoms with van der Waals surface area (Å²) in [7, 11) is 0. The number of aromatic nitrogens is 1. The fourth-order valence-corrected chi connectivity index (χ4v) is 2.74. The number of oxazole rings is 1. The summed E-state index contributed by atoms with van der Waals surface area (Å²) in [6, 6.07) is 5.11. The first kappa shape index (κ1) is 17.3. The van der Waals surface area contributed by atoms with Crippen LogP contribution in [0.15, 0.2) is 22.6 Å². The number of nitrogens with zero attached hydrogens (tertiary/aromatic N) is 1. The van der Waals surface area contributed by atoms with E-state index in [9.17, 15) is 9.90 Å². The van der Waals surface area contributed by atoms with E-state index in [2.05, 4.69) is 29.5 Å². The summed E-state index contributed by atoms with van der Waals surface area (Å²) < 4.78 is 5.46. The molecular formula is C17H25N3O3. The van der Waals surface area contributed by atoms with Gasteiger partial charge in [-0.2, -0.15) is 0 Å². The quantitative estimate of drug-likeness (QED) is 0.729. The Morgan fingerprint density at radius 2 is 2.09 bits per heavy atom. The number of benzene rings is 1. The van der Waals surface area contributed by atoms with Crippen molar-refractivity contribution in [2.75, 3.05) is 18.5 Å². The Labute approximate surface area is 136 Å². The van der Waals surface area contributed by atoms with Crippen LogP contribution in [-0.4, -0.2) is 29.3 Å². The first-order valence-electron chi connectivity index (χ1n) is 8.05. The lowest BCUT2D eigenvalue weighted by atomic mass is 9.79. The molecule has 1 heterocycles. The zero-order chi connectivity index (χ0) is 16.9. The van der Waals surface area contributed by atoms with Crippen molar-refractivity contribution < 1.29 is 14.3 Å². The van der Waals surface area contributed by atoms with Crippen LogP contribution in [0, 0.1) is 12.3 Å². The lowest BCUT2D eigenvalue weighted by molar-refractivity contribution is 0.165. The number of rotatable bonds is 7. The zero-order valence-corrected chi connectivity index (χ0v) is 14.0. The number of carbonyl (C=O) groups is 1. The van der Waals surface area contributed by atoms with Gasteiger partial charge in [-0.25, -0.2) is 9.78 Å².